The van der Waals surface area contributed by atoms with Crippen molar-refractivity contribution in [3.05, 3.63) is 35.9 Å². The van der Waals surface area contributed by atoms with E-state index in [2.05, 4.69) is 15.0 Å². The Morgan fingerprint density at radius 3 is 2.09 bits per heavy atom. The first-order chi connectivity index (χ1) is 15.1. The number of nitrogens with zero attached hydrogens (tertiary/aromatic N) is 5. The molecule has 0 aliphatic heterocycles. The fraction of sp³-hybridized carbons (Fsp3) is 0.316. The highest BCUT2D eigenvalue weighted by Gasteiger charge is 2.37. The lowest BCUT2D eigenvalue weighted by Crippen LogP contribution is -2.12. The summed E-state index contributed by atoms with van der Waals surface area (Å²) in [5, 5.41) is 0. The van der Waals surface area contributed by atoms with Gasteiger partial charge < -0.3 is 9.13 Å². The maximum atomic E-state index is 13.3. The molecule has 0 amide bonds. The number of sulfone groups is 1. The SMILES string of the molecule is CCS(=O)(=O)c1cc2c(cc1-c1nc3cc(C(F)(F)F)ncc3n1C)nc(C(F)(F)F)n2C. The number of benzene rings is 1. The van der Waals surface area contributed by atoms with Gasteiger partial charge in [-0.15, -0.1) is 0 Å². The van der Waals surface area contributed by atoms with Crippen LogP contribution in [0.15, 0.2) is 29.3 Å². The van der Waals surface area contributed by atoms with Gasteiger partial charge in [-0.3, -0.25) is 0 Å². The van der Waals surface area contributed by atoms with Gasteiger partial charge >= 0.3 is 12.4 Å². The molecule has 4 aromatic rings. The lowest BCUT2D eigenvalue weighted by atomic mass is 10.2. The Hall–Kier alpha value is -3.16. The van der Waals surface area contributed by atoms with Crippen molar-refractivity contribution in [1.29, 1.82) is 0 Å². The fourth-order valence-corrected chi connectivity index (χ4v) is 4.63. The molecule has 3 heterocycles. The van der Waals surface area contributed by atoms with E-state index in [1.165, 1.54) is 18.5 Å². The quantitative estimate of drug-likeness (QED) is 0.398. The van der Waals surface area contributed by atoms with Crippen LogP contribution in [0.2, 0.25) is 0 Å². The second-order valence-electron chi connectivity index (χ2n) is 7.28. The van der Waals surface area contributed by atoms with Gasteiger partial charge in [-0.1, -0.05) is 6.92 Å². The van der Waals surface area contributed by atoms with Crippen LogP contribution in [0, 0.1) is 0 Å². The molecule has 3 aromatic heterocycles. The van der Waals surface area contributed by atoms with Crippen molar-refractivity contribution in [2.24, 2.45) is 14.1 Å². The zero-order valence-corrected chi connectivity index (χ0v) is 18.1. The van der Waals surface area contributed by atoms with Crippen molar-refractivity contribution in [3.8, 4) is 11.4 Å². The summed E-state index contributed by atoms with van der Waals surface area (Å²) in [5.74, 6) is -1.64. The lowest BCUT2D eigenvalue weighted by molar-refractivity contribution is -0.146. The van der Waals surface area contributed by atoms with Crippen LogP contribution in [-0.4, -0.2) is 38.3 Å². The largest absolute Gasteiger partial charge is 0.449 e. The number of halogens is 6. The number of aromatic nitrogens is 5. The maximum absolute atomic E-state index is 13.3. The monoisotopic (exact) mass is 491 g/mol. The summed E-state index contributed by atoms with van der Waals surface area (Å²) in [6, 6.07) is 2.94. The Bertz CT molecular complexity index is 1520. The zero-order chi connectivity index (χ0) is 24.5. The fourth-order valence-electron chi connectivity index (χ4n) is 3.54. The molecule has 176 valence electrons. The number of pyridine rings is 1. The predicted molar refractivity (Wildman–Crippen MR) is 106 cm³/mol. The van der Waals surface area contributed by atoms with Gasteiger partial charge in [0, 0.05) is 19.7 Å². The van der Waals surface area contributed by atoms with E-state index in [1.54, 1.807) is 0 Å². The summed E-state index contributed by atoms with van der Waals surface area (Å²) in [5.41, 5.74) is -1.41. The Balaban J connectivity index is 2.06. The van der Waals surface area contributed by atoms with Crippen molar-refractivity contribution in [2.75, 3.05) is 5.75 Å². The summed E-state index contributed by atoms with van der Waals surface area (Å²) in [6.07, 6.45) is -8.55. The van der Waals surface area contributed by atoms with Crippen LogP contribution < -0.4 is 0 Å². The molecule has 0 atom stereocenters. The Morgan fingerprint density at radius 1 is 0.879 bits per heavy atom. The molecule has 14 heteroatoms. The number of fused-ring (bicyclic) bond motifs is 2. The molecule has 7 nitrogen and oxygen atoms in total. The van der Waals surface area contributed by atoms with Crippen LogP contribution in [-0.2, 0) is 36.3 Å². The van der Waals surface area contributed by atoms with Crippen molar-refractivity contribution in [3.63, 3.8) is 0 Å². The number of aryl methyl sites for hydroxylation is 2. The van der Waals surface area contributed by atoms with Gasteiger partial charge in [0.2, 0.25) is 5.82 Å². The van der Waals surface area contributed by atoms with Gasteiger partial charge in [-0.05, 0) is 18.2 Å². The lowest BCUT2D eigenvalue weighted by Gasteiger charge is -2.11. The smallest absolute Gasteiger partial charge is 0.326 e. The van der Waals surface area contributed by atoms with Crippen molar-refractivity contribution >= 4 is 31.9 Å². The molecular formula is C19H15F6N5O2S. The normalized spacial score (nSPS) is 13.4. The predicted octanol–water partition coefficient (Wildman–Crippen LogP) is 4.35. The van der Waals surface area contributed by atoms with Crippen molar-refractivity contribution in [2.45, 2.75) is 24.2 Å². The highest BCUT2D eigenvalue weighted by atomic mass is 32.2. The highest BCUT2D eigenvalue weighted by molar-refractivity contribution is 7.91. The van der Waals surface area contributed by atoms with Gasteiger partial charge in [-0.25, -0.2) is 23.4 Å². The summed E-state index contributed by atoms with van der Waals surface area (Å²) < 4.78 is 107. The summed E-state index contributed by atoms with van der Waals surface area (Å²) >= 11 is 0. The van der Waals surface area contributed by atoms with Crippen LogP contribution in [0.25, 0.3) is 33.5 Å². The van der Waals surface area contributed by atoms with E-state index in [1.807, 2.05) is 0 Å². The second-order valence-corrected chi connectivity index (χ2v) is 9.53. The first kappa shape index (κ1) is 23.0. The molecular weight excluding hydrogens is 476 g/mol. The molecule has 0 bridgehead atoms. The molecule has 0 radical (unpaired) electrons. The topological polar surface area (TPSA) is 82.7 Å². The first-order valence-corrected chi connectivity index (χ1v) is 11.0. The third-order valence-electron chi connectivity index (χ3n) is 5.25. The summed E-state index contributed by atoms with van der Waals surface area (Å²) in [7, 11) is -1.42. The zero-order valence-electron chi connectivity index (χ0n) is 17.2. The average Bonchev–Trinajstić information content (AvgIpc) is 3.23. The van der Waals surface area contributed by atoms with Gasteiger partial charge in [0.15, 0.2) is 9.84 Å². The Kier molecular flexibility index (Phi) is 5.00. The molecule has 33 heavy (non-hydrogen) atoms. The van der Waals surface area contributed by atoms with E-state index in [0.717, 1.165) is 29.9 Å². The Morgan fingerprint density at radius 2 is 1.52 bits per heavy atom. The minimum atomic E-state index is -4.78. The Labute approximate surface area is 182 Å². The third-order valence-corrected chi connectivity index (χ3v) is 7.02. The van der Waals surface area contributed by atoms with Crippen LogP contribution in [0.5, 0.6) is 0 Å². The van der Waals surface area contributed by atoms with Crippen LogP contribution in [0.4, 0.5) is 26.3 Å². The minimum absolute atomic E-state index is 0.0562. The number of rotatable bonds is 3. The molecule has 0 aliphatic rings. The third kappa shape index (κ3) is 3.71. The highest BCUT2D eigenvalue weighted by Crippen LogP contribution is 2.37. The van der Waals surface area contributed by atoms with Crippen LogP contribution >= 0.6 is 0 Å². The number of hydrogen-bond acceptors (Lipinski definition) is 5. The van der Waals surface area contributed by atoms with Gasteiger partial charge in [-0.2, -0.15) is 26.3 Å². The molecule has 1 aromatic carbocycles. The van der Waals surface area contributed by atoms with Gasteiger partial charge in [0.25, 0.3) is 0 Å². The molecule has 0 saturated carbocycles. The average molecular weight is 491 g/mol. The minimum Gasteiger partial charge on any atom is -0.326 e. The van der Waals surface area contributed by atoms with E-state index in [0.29, 0.717) is 6.07 Å². The number of hydrogen-bond donors (Lipinski definition) is 0. The van der Waals surface area contributed by atoms with Crippen molar-refractivity contribution < 1.29 is 34.8 Å². The number of imidazole rings is 2. The van der Waals surface area contributed by atoms with E-state index in [9.17, 15) is 34.8 Å². The summed E-state index contributed by atoms with van der Waals surface area (Å²) in [4.78, 5) is 10.8. The summed E-state index contributed by atoms with van der Waals surface area (Å²) in [6.45, 7) is 1.36. The second kappa shape index (κ2) is 7.17. The van der Waals surface area contributed by atoms with E-state index in [4.69, 9.17) is 0 Å². The molecule has 0 saturated heterocycles. The molecule has 0 unspecified atom stereocenters. The van der Waals surface area contributed by atoms with E-state index >= 15 is 0 Å². The molecule has 4 rings (SSSR count). The first-order valence-electron chi connectivity index (χ1n) is 9.35. The van der Waals surface area contributed by atoms with Crippen LogP contribution in [0.3, 0.4) is 0 Å². The maximum Gasteiger partial charge on any atom is 0.449 e. The van der Waals surface area contributed by atoms with Gasteiger partial charge in [0.05, 0.1) is 38.9 Å². The number of alkyl halides is 6. The van der Waals surface area contributed by atoms with Crippen LogP contribution in [0.1, 0.15) is 18.4 Å². The van der Waals surface area contributed by atoms with E-state index < -0.39 is 33.7 Å². The molecule has 0 aliphatic carbocycles. The van der Waals surface area contributed by atoms with Crippen molar-refractivity contribution in [1.82, 2.24) is 24.1 Å². The van der Waals surface area contributed by atoms with Gasteiger partial charge in [0.1, 0.15) is 11.5 Å². The standard InChI is InChI=1S/C19H15F6N5O2S/c1-4-33(31,32)14-7-12-10(28-17(30(12)3)19(23,24)25)5-9(14)16-27-11-6-15(18(20,21)22)26-8-13(11)29(16)2/h5-8H,4H2,1-3H3. The molecule has 0 spiro atoms. The molecule has 0 N–H and O–H groups in total. The van der Waals surface area contributed by atoms with E-state index in [-0.39, 0.29) is 44.1 Å². The molecule has 0 fully saturated rings.